The Morgan fingerprint density at radius 3 is 2.97 bits per heavy atom. The van der Waals surface area contributed by atoms with Crippen LogP contribution in [0, 0.1) is 0 Å². The third-order valence-electron chi connectivity index (χ3n) is 4.09. The van der Waals surface area contributed by atoms with E-state index in [-0.39, 0.29) is 23.8 Å². The number of aromatic nitrogens is 4. The maximum absolute atomic E-state index is 12.8. The van der Waals surface area contributed by atoms with Gasteiger partial charge in [0.15, 0.2) is 5.16 Å². The normalized spacial score (nSPS) is 11.1. The number of nitrogens with one attached hydrogen (secondary N) is 1. The first-order valence-electron chi connectivity index (χ1n) is 8.52. The maximum atomic E-state index is 12.8. The Bertz CT molecular complexity index is 1300. The molecule has 0 aliphatic carbocycles. The second-order valence-electron chi connectivity index (χ2n) is 6.03. The van der Waals surface area contributed by atoms with Crippen molar-refractivity contribution in [2.75, 3.05) is 11.1 Å². The summed E-state index contributed by atoms with van der Waals surface area (Å²) in [5.41, 5.74) is 2.27. The Balaban J connectivity index is 1.59. The Morgan fingerprint density at radius 1 is 1.28 bits per heavy atom. The first-order chi connectivity index (χ1) is 14.1. The molecule has 0 aliphatic heterocycles. The van der Waals surface area contributed by atoms with Crippen LogP contribution in [0.3, 0.4) is 0 Å². The molecule has 0 saturated carbocycles. The minimum atomic E-state index is -0.235. The first-order valence-corrected chi connectivity index (χ1v) is 10.6. The molecule has 4 aromatic rings. The second kappa shape index (κ2) is 8.32. The molecule has 1 amide bonds. The molecule has 0 saturated heterocycles. The number of carbonyl (C=O) groups is 1. The van der Waals surface area contributed by atoms with Crippen LogP contribution >= 0.6 is 35.1 Å². The van der Waals surface area contributed by atoms with Crippen molar-refractivity contribution in [3.63, 3.8) is 0 Å². The van der Waals surface area contributed by atoms with Gasteiger partial charge in [-0.25, -0.2) is 4.98 Å². The standard InChI is InChI=1S/C19H14ClN5O2S2/c1-2-8-25-18(27)12-7-6-11(20)9-15(12)22-19(25)28-10-16(26)21-13-4-3-5-14-17(13)24-29-23-14/h2-7,9H,1,8,10H2,(H,21,26). The molecule has 0 spiro atoms. The zero-order chi connectivity index (χ0) is 20.4. The monoisotopic (exact) mass is 443 g/mol. The predicted molar refractivity (Wildman–Crippen MR) is 118 cm³/mol. The van der Waals surface area contributed by atoms with E-state index in [1.807, 2.05) is 12.1 Å². The number of nitrogens with zero attached hydrogens (tertiary/aromatic N) is 4. The Morgan fingerprint density at radius 2 is 2.14 bits per heavy atom. The lowest BCUT2D eigenvalue weighted by Gasteiger charge is -2.11. The van der Waals surface area contributed by atoms with Crippen LogP contribution in [0.5, 0.6) is 0 Å². The zero-order valence-corrected chi connectivity index (χ0v) is 17.4. The van der Waals surface area contributed by atoms with Gasteiger partial charge in [-0.1, -0.05) is 35.5 Å². The highest BCUT2D eigenvalue weighted by molar-refractivity contribution is 7.99. The number of hydrogen-bond acceptors (Lipinski definition) is 7. The fourth-order valence-corrected chi connectivity index (χ4v) is 4.32. The van der Waals surface area contributed by atoms with Crippen LogP contribution in [0.2, 0.25) is 5.02 Å². The molecule has 1 N–H and O–H groups in total. The summed E-state index contributed by atoms with van der Waals surface area (Å²) in [6.07, 6.45) is 1.62. The summed E-state index contributed by atoms with van der Waals surface area (Å²) in [5.74, 6) is -0.162. The molecular weight excluding hydrogens is 430 g/mol. The van der Waals surface area contributed by atoms with E-state index in [2.05, 4.69) is 25.6 Å². The van der Waals surface area contributed by atoms with E-state index < -0.39 is 0 Å². The largest absolute Gasteiger partial charge is 0.323 e. The Labute approximate surface area is 178 Å². The highest BCUT2D eigenvalue weighted by atomic mass is 35.5. The highest BCUT2D eigenvalue weighted by Gasteiger charge is 2.14. The lowest BCUT2D eigenvalue weighted by molar-refractivity contribution is -0.113. The number of carbonyl (C=O) groups excluding carboxylic acids is 1. The van der Waals surface area contributed by atoms with E-state index in [0.717, 1.165) is 17.2 Å². The number of amides is 1. The van der Waals surface area contributed by atoms with Crippen molar-refractivity contribution < 1.29 is 4.79 Å². The van der Waals surface area contributed by atoms with Crippen molar-refractivity contribution in [3.05, 3.63) is 64.4 Å². The smallest absolute Gasteiger partial charge is 0.262 e. The van der Waals surface area contributed by atoms with Gasteiger partial charge >= 0.3 is 0 Å². The van der Waals surface area contributed by atoms with E-state index in [1.54, 1.807) is 30.3 Å². The number of allylic oxidation sites excluding steroid dienone is 1. The van der Waals surface area contributed by atoms with E-state index in [0.29, 0.717) is 32.3 Å². The van der Waals surface area contributed by atoms with Gasteiger partial charge in [0.25, 0.3) is 5.56 Å². The molecule has 146 valence electrons. The van der Waals surface area contributed by atoms with Crippen LogP contribution in [0.15, 0.2) is 59.0 Å². The summed E-state index contributed by atoms with van der Waals surface area (Å²) in [6.45, 7) is 3.99. The summed E-state index contributed by atoms with van der Waals surface area (Å²) in [7, 11) is 0. The summed E-state index contributed by atoms with van der Waals surface area (Å²) in [4.78, 5) is 29.8. The molecule has 7 nitrogen and oxygen atoms in total. The number of benzene rings is 2. The highest BCUT2D eigenvalue weighted by Crippen LogP contribution is 2.23. The van der Waals surface area contributed by atoms with Gasteiger partial charge in [-0.15, -0.1) is 6.58 Å². The third-order valence-corrected chi connectivity index (χ3v) is 5.84. The first kappa shape index (κ1) is 19.6. The molecule has 0 radical (unpaired) electrons. The second-order valence-corrected chi connectivity index (χ2v) is 7.94. The van der Waals surface area contributed by atoms with Crippen molar-refractivity contribution in [2.24, 2.45) is 0 Å². The van der Waals surface area contributed by atoms with Crippen LogP contribution in [0.4, 0.5) is 5.69 Å². The van der Waals surface area contributed by atoms with Gasteiger partial charge in [-0.2, -0.15) is 8.75 Å². The minimum Gasteiger partial charge on any atom is -0.323 e. The number of rotatable bonds is 6. The van der Waals surface area contributed by atoms with Crippen LogP contribution in [0.1, 0.15) is 0 Å². The van der Waals surface area contributed by atoms with Crippen molar-refractivity contribution in [2.45, 2.75) is 11.7 Å². The van der Waals surface area contributed by atoms with Gasteiger partial charge in [-0.05, 0) is 30.3 Å². The van der Waals surface area contributed by atoms with Crippen molar-refractivity contribution >= 4 is 68.6 Å². The number of fused-ring (bicyclic) bond motifs is 2. The van der Waals surface area contributed by atoms with Gasteiger partial charge in [0.2, 0.25) is 5.91 Å². The van der Waals surface area contributed by atoms with Crippen LogP contribution < -0.4 is 10.9 Å². The summed E-state index contributed by atoms with van der Waals surface area (Å²) >= 11 is 8.30. The van der Waals surface area contributed by atoms with Gasteiger partial charge in [-0.3, -0.25) is 14.2 Å². The molecule has 0 atom stereocenters. The number of halogens is 1. The lowest BCUT2D eigenvalue weighted by Crippen LogP contribution is -2.23. The van der Waals surface area contributed by atoms with Crippen molar-refractivity contribution in [1.82, 2.24) is 18.3 Å². The van der Waals surface area contributed by atoms with E-state index >= 15 is 0 Å². The maximum Gasteiger partial charge on any atom is 0.262 e. The summed E-state index contributed by atoms with van der Waals surface area (Å²) in [6, 6.07) is 10.4. The van der Waals surface area contributed by atoms with Gasteiger partial charge in [0.05, 0.1) is 34.1 Å². The fraction of sp³-hybridized carbons (Fsp3) is 0.105. The average Bonchev–Trinajstić information content (AvgIpc) is 3.18. The van der Waals surface area contributed by atoms with Gasteiger partial charge in [0.1, 0.15) is 11.0 Å². The van der Waals surface area contributed by atoms with Crippen molar-refractivity contribution in [3.8, 4) is 0 Å². The molecule has 29 heavy (non-hydrogen) atoms. The molecular formula is C19H14ClN5O2S2. The average molecular weight is 444 g/mol. The van der Waals surface area contributed by atoms with E-state index in [9.17, 15) is 9.59 Å². The SMILES string of the molecule is C=CCn1c(SCC(=O)Nc2cccc3nsnc23)nc2cc(Cl)ccc2c1=O. The topological polar surface area (TPSA) is 89.8 Å². The molecule has 0 fully saturated rings. The summed E-state index contributed by atoms with van der Waals surface area (Å²) in [5, 5.41) is 4.22. The Hall–Kier alpha value is -2.75. The fourth-order valence-electron chi connectivity index (χ4n) is 2.80. The zero-order valence-electron chi connectivity index (χ0n) is 15.0. The van der Waals surface area contributed by atoms with Crippen molar-refractivity contribution in [1.29, 1.82) is 0 Å². The molecule has 2 heterocycles. The number of thioether (sulfide) groups is 1. The van der Waals surface area contributed by atoms with Crippen LogP contribution in [-0.4, -0.2) is 30.0 Å². The van der Waals surface area contributed by atoms with Crippen LogP contribution in [0.25, 0.3) is 21.9 Å². The molecule has 10 heteroatoms. The van der Waals surface area contributed by atoms with Crippen LogP contribution in [-0.2, 0) is 11.3 Å². The molecule has 4 rings (SSSR count). The summed E-state index contributed by atoms with van der Waals surface area (Å²) < 4.78 is 9.87. The lowest BCUT2D eigenvalue weighted by atomic mass is 10.2. The Kier molecular flexibility index (Phi) is 5.61. The van der Waals surface area contributed by atoms with E-state index in [4.69, 9.17) is 11.6 Å². The minimum absolute atomic E-state index is 0.0730. The molecule has 0 aliphatic rings. The van der Waals surface area contributed by atoms with E-state index in [1.165, 1.54) is 16.3 Å². The third kappa shape index (κ3) is 4.02. The molecule has 2 aromatic carbocycles. The quantitative estimate of drug-likeness (QED) is 0.275. The number of hydrogen-bond donors (Lipinski definition) is 1. The van der Waals surface area contributed by atoms with Gasteiger partial charge in [0, 0.05) is 11.6 Å². The molecule has 0 unspecified atom stereocenters. The number of anilines is 1. The molecule has 0 bridgehead atoms. The predicted octanol–water partition coefficient (Wildman–Crippen LogP) is 3.97. The van der Waals surface area contributed by atoms with Gasteiger partial charge < -0.3 is 5.32 Å². The molecule has 2 aromatic heterocycles.